The maximum atomic E-state index is 12.6. The predicted molar refractivity (Wildman–Crippen MR) is 88.6 cm³/mol. The first-order valence-corrected chi connectivity index (χ1v) is 9.26. The van der Waals surface area contributed by atoms with Gasteiger partial charge in [-0.3, -0.25) is 9.59 Å². The largest absolute Gasteiger partial charge is 0.318 e. The summed E-state index contributed by atoms with van der Waals surface area (Å²) in [6.07, 6.45) is 0.611. The van der Waals surface area contributed by atoms with Crippen molar-refractivity contribution in [2.75, 3.05) is 0 Å². The highest BCUT2D eigenvalue weighted by Crippen LogP contribution is 2.30. The van der Waals surface area contributed by atoms with Gasteiger partial charge in [-0.2, -0.15) is 8.42 Å². The summed E-state index contributed by atoms with van der Waals surface area (Å²) in [6, 6.07) is 3.59. The van der Waals surface area contributed by atoms with E-state index in [1.807, 2.05) is 20.8 Å². The number of aryl methyl sites for hydroxylation is 2. The molecular formula is C17H23NO5S. The smallest absolute Gasteiger partial charge is 0.272 e. The van der Waals surface area contributed by atoms with Gasteiger partial charge < -0.3 is 0 Å². The van der Waals surface area contributed by atoms with Crippen LogP contribution in [-0.4, -0.2) is 25.3 Å². The Morgan fingerprint density at radius 2 is 1.46 bits per heavy atom. The number of nitrogens with zero attached hydrogens (tertiary/aromatic N) is 1. The topological polar surface area (TPSA) is 80.8 Å². The molecule has 1 aromatic carbocycles. The first-order chi connectivity index (χ1) is 10.9. The fourth-order valence-corrected chi connectivity index (χ4v) is 4.07. The zero-order chi connectivity index (χ0) is 18.3. The molecule has 1 heterocycles. The molecule has 1 aromatic rings. The van der Waals surface area contributed by atoms with Crippen LogP contribution >= 0.6 is 0 Å². The monoisotopic (exact) mass is 353 g/mol. The van der Waals surface area contributed by atoms with Gasteiger partial charge in [0.15, 0.2) is 0 Å². The summed E-state index contributed by atoms with van der Waals surface area (Å²) in [5, 5.41) is 0.384. The van der Waals surface area contributed by atoms with Gasteiger partial charge in [-0.1, -0.05) is 32.9 Å². The van der Waals surface area contributed by atoms with Gasteiger partial charge >= 0.3 is 10.1 Å². The summed E-state index contributed by atoms with van der Waals surface area (Å²) in [5.74, 6) is -1.26. The molecule has 2 amide bonds. The number of hydrogen-bond acceptors (Lipinski definition) is 5. The summed E-state index contributed by atoms with van der Waals surface area (Å²) in [4.78, 5) is 23.6. The van der Waals surface area contributed by atoms with E-state index in [0.29, 0.717) is 22.6 Å². The van der Waals surface area contributed by atoms with Crippen molar-refractivity contribution in [3.8, 4) is 0 Å². The number of imide groups is 1. The zero-order valence-electron chi connectivity index (χ0n) is 14.7. The van der Waals surface area contributed by atoms with Crippen molar-refractivity contribution in [2.24, 2.45) is 0 Å². The van der Waals surface area contributed by atoms with E-state index < -0.39 is 21.9 Å². The number of rotatable bonds is 3. The van der Waals surface area contributed by atoms with Crippen molar-refractivity contribution in [2.45, 2.75) is 64.2 Å². The highest BCUT2D eigenvalue weighted by Gasteiger charge is 2.34. The van der Waals surface area contributed by atoms with Crippen LogP contribution in [0.25, 0.3) is 0 Å². The molecule has 1 fully saturated rings. The van der Waals surface area contributed by atoms with E-state index >= 15 is 0 Å². The highest BCUT2D eigenvalue weighted by molar-refractivity contribution is 7.86. The molecular weight excluding hydrogens is 330 g/mol. The molecule has 0 atom stereocenters. The van der Waals surface area contributed by atoms with Crippen LogP contribution in [-0.2, 0) is 29.4 Å². The molecule has 0 bridgehead atoms. The van der Waals surface area contributed by atoms with E-state index in [-0.39, 0.29) is 23.2 Å². The molecule has 6 nitrogen and oxygen atoms in total. The molecule has 0 radical (unpaired) electrons. The van der Waals surface area contributed by atoms with Crippen LogP contribution in [0.5, 0.6) is 0 Å². The van der Waals surface area contributed by atoms with Crippen LogP contribution in [0.15, 0.2) is 17.0 Å². The molecule has 7 heteroatoms. The van der Waals surface area contributed by atoms with Gasteiger partial charge in [0.1, 0.15) is 4.90 Å². The Bertz CT molecular complexity index is 751. The molecule has 0 aliphatic carbocycles. The fraction of sp³-hybridized carbons (Fsp3) is 0.529. The van der Waals surface area contributed by atoms with Gasteiger partial charge in [0, 0.05) is 12.8 Å². The zero-order valence-corrected chi connectivity index (χ0v) is 15.5. The maximum Gasteiger partial charge on any atom is 0.318 e. The molecule has 24 heavy (non-hydrogen) atoms. The number of amides is 2. The lowest BCUT2D eigenvalue weighted by atomic mass is 9.85. The number of hydroxylamine groups is 2. The summed E-state index contributed by atoms with van der Waals surface area (Å²) >= 11 is 0. The van der Waals surface area contributed by atoms with Crippen LogP contribution in [0.1, 0.15) is 56.7 Å². The lowest BCUT2D eigenvalue weighted by molar-refractivity contribution is -0.175. The first-order valence-electron chi connectivity index (χ1n) is 7.85. The molecule has 0 unspecified atom stereocenters. The minimum atomic E-state index is -4.27. The number of carbonyl (C=O) groups is 2. The van der Waals surface area contributed by atoms with Crippen LogP contribution in [0.3, 0.4) is 0 Å². The minimum Gasteiger partial charge on any atom is -0.272 e. The summed E-state index contributed by atoms with van der Waals surface area (Å²) in [5.41, 5.74) is 1.92. The third kappa shape index (κ3) is 3.67. The van der Waals surface area contributed by atoms with Gasteiger partial charge in [0.2, 0.25) is 0 Å². The average molecular weight is 353 g/mol. The lowest BCUT2D eigenvalue weighted by Crippen LogP contribution is -2.41. The van der Waals surface area contributed by atoms with Gasteiger partial charge in [-0.15, -0.1) is 9.35 Å². The van der Waals surface area contributed by atoms with Gasteiger partial charge in [-0.05, 0) is 42.4 Å². The second-order valence-electron chi connectivity index (χ2n) is 7.15. The third-order valence-corrected chi connectivity index (χ3v) is 5.47. The number of hydrogen-bond donors (Lipinski definition) is 0. The van der Waals surface area contributed by atoms with E-state index in [1.165, 1.54) is 0 Å². The van der Waals surface area contributed by atoms with Crippen molar-refractivity contribution in [3.05, 3.63) is 28.8 Å². The van der Waals surface area contributed by atoms with Crippen LogP contribution in [0.4, 0.5) is 0 Å². The van der Waals surface area contributed by atoms with Gasteiger partial charge in [0.05, 0.1) is 0 Å². The summed E-state index contributed by atoms with van der Waals surface area (Å²) in [7, 11) is -4.27. The van der Waals surface area contributed by atoms with E-state index in [4.69, 9.17) is 4.28 Å². The average Bonchev–Trinajstić information content (AvgIpc) is 2.41. The normalized spacial score (nSPS) is 16.6. The summed E-state index contributed by atoms with van der Waals surface area (Å²) < 4.78 is 30.1. The molecule has 1 saturated heterocycles. The first kappa shape index (κ1) is 18.6. The van der Waals surface area contributed by atoms with Crippen LogP contribution in [0, 0.1) is 13.8 Å². The van der Waals surface area contributed by atoms with Gasteiger partial charge in [0.25, 0.3) is 11.8 Å². The van der Waals surface area contributed by atoms with E-state index in [2.05, 4.69) is 0 Å². The SMILES string of the molecule is Cc1cc(C(C)(C)C)cc(C)c1S(=O)(=O)ON1C(=O)CCCC1=O. The lowest BCUT2D eigenvalue weighted by Gasteiger charge is -2.25. The number of benzene rings is 1. The fourth-order valence-electron chi connectivity index (χ4n) is 2.73. The molecule has 0 N–H and O–H groups in total. The Labute approximate surface area is 142 Å². The second kappa shape index (κ2) is 6.29. The van der Waals surface area contributed by atoms with E-state index in [0.717, 1.165) is 5.56 Å². The van der Waals surface area contributed by atoms with Crippen molar-refractivity contribution < 1.29 is 22.3 Å². The predicted octanol–water partition coefficient (Wildman–Crippen LogP) is 2.76. The van der Waals surface area contributed by atoms with Crippen LogP contribution < -0.4 is 0 Å². The van der Waals surface area contributed by atoms with Crippen molar-refractivity contribution in [1.82, 2.24) is 5.06 Å². The Kier molecular flexibility index (Phi) is 4.88. The van der Waals surface area contributed by atoms with Gasteiger partial charge in [-0.25, -0.2) is 0 Å². The number of piperidine rings is 1. The van der Waals surface area contributed by atoms with Crippen LogP contribution in [0.2, 0.25) is 0 Å². The molecule has 2 rings (SSSR count). The molecule has 132 valence electrons. The number of carbonyl (C=O) groups excluding carboxylic acids is 2. The Balaban J connectivity index is 2.43. The Morgan fingerprint density at radius 3 is 1.88 bits per heavy atom. The van der Waals surface area contributed by atoms with E-state index in [1.54, 1.807) is 26.0 Å². The molecule has 1 aliphatic heterocycles. The van der Waals surface area contributed by atoms with Crippen molar-refractivity contribution in [3.63, 3.8) is 0 Å². The van der Waals surface area contributed by atoms with Crippen molar-refractivity contribution >= 4 is 21.9 Å². The van der Waals surface area contributed by atoms with E-state index in [9.17, 15) is 18.0 Å². The molecule has 0 spiro atoms. The highest BCUT2D eigenvalue weighted by atomic mass is 32.2. The Hall–Kier alpha value is -1.73. The quantitative estimate of drug-likeness (QED) is 0.781. The maximum absolute atomic E-state index is 12.6. The Morgan fingerprint density at radius 1 is 1.00 bits per heavy atom. The molecule has 0 saturated carbocycles. The molecule has 0 aromatic heterocycles. The summed E-state index contributed by atoms with van der Waals surface area (Å²) in [6.45, 7) is 9.47. The van der Waals surface area contributed by atoms with Crippen molar-refractivity contribution in [1.29, 1.82) is 0 Å². The molecule has 1 aliphatic rings. The minimum absolute atomic E-state index is 0.00155. The second-order valence-corrected chi connectivity index (χ2v) is 8.62. The standard InChI is InChI=1S/C17H23NO5S/c1-11-9-13(17(3,4)5)10-12(2)16(11)24(21,22)23-18-14(19)7-6-8-15(18)20/h9-10H,6-8H2,1-5H3. The third-order valence-electron chi connectivity index (χ3n) is 3.98.